The molecule has 0 bridgehead atoms. The Morgan fingerprint density at radius 1 is 1.14 bits per heavy atom. The molecule has 1 aliphatic heterocycles. The van der Waals surface area contributed by atoms with Gasteiger partial charge in [-0.3, -0.25) is 14.5 Å². The van der Waals surface area contributed by atoms with Gasteiger partial charge in [-0.1, -0.05) is 42.5 Å². The Morgan fingerprint density at radius 2 is 1.83 bits per heavy atom. The van der Waals surface area contributed by atoms with E-state index < -0.39 is 29.4 Å². The molecular weight excluding hydrogens is 370 g/mol. The molecule has 2 atom stereocenters. The van der Waals surface area contributed by atoms with Crippen LogP contribution in [0.25, 0.3) is 11.0 Å². The minimum Gasteiger partial charge on any atom is -0.345 e. The lowest BCUT2D eigenvalue weighted by atomic mass is 9.92. The Kier molecular flexibility index (Phi) is 4.54. The van der Waals surface area contributed by atoms with Gasteiger partial charge in [-0.15, -0.1) is 0 Å². The van der Waals surface area contributed by atoms with Crippen LogP contribution in [0.3, 0.4) is 0 Å². The predicted molar refractivity (Wildman–Crippen MR) is 107 cm³/mol. The van der Waals surface area contributed by atoms with E-state index in [0.29, 0.717) is 11.4 Å². The minimum atomic E-state index is -1.19. The molecule has 0 aliphatic carbocycles. The molecule has 3 aromatic rings. The molecule has 1 fully saturated rings. The largest absolute Gasteiger partial charge is 0.345 e. The number of nitrogens with zero attached hydrogens (tertiary/aromatic N) is 2. The number of aromatic nitrogens is 2. The monoisotopic (exact) mass is 391 g/mol. The number of benzene rings is 2. The van der Waals surface area contributed by atoms with Gasteiger partial charge in [0, 0.05) is 0 Å². The van der Waals surface area contributed by atoms with Crippen LogP contribution in [0.2, 0.25) is 0 Å². The van der Waals surface area contributed by atoms with Crippen LogP contribution in [-0.4, -0.2) is 39.3 Å². The SMILES string of the molecule is C[C@@H](NC(=O)CN1C(=O)N[C@](C)(c2ccccc2)C1=O)c1nc2ccccc2[nH]1. The lowest BCUT2D eigenvalue weighted by molar-refractivity contribution is -0.135. The summed E-state index contributed by atoms with van der Waals surface area (Å²) < 4.78 is 0. The third-order valence-corrected chi connectivity index (χ3v) is 5.12. The Bertz CT molecular complexity index is 1060. The van der Waals surface area contributed by atoms with E-state index in [9.17, 15) is 14.4 Å². The molecule has 2 heterocycles. The summed E-state index contributed by atoms with van der Waals surface area (Å²) in [6, 6.07) is 15.5. The van der Waals surface area contributed by atoms with Crippen molar-refractivity contribution in [2.24, 2.45) is 0 Å². The van der Waals surface area contributed by atoms with Crippen LogP contribution in [0, 0.1) is 0 Å². The van der Waals surface area contributed by atoms with Crippen LogP contribution in [-0.2, 0) is 15.1 Å². The molecule has 0 saturated carbocycles. The number of amides is 4. The van der Waals surface area contributed by atoms with Crippen molar-refractivity contribution in [3.05, 3.63) is 66.0 Å². The van der Waals surface area contributed by atoms with Crippen molar-refractivity contribution in [3.8, 4) is 0 Å². The number of carbonyl (C=O) groups is 3. The molecule has 8 heteroatoms. The minimum absolute atomic E-state index is 0.363. The molecule has 0 unspecified atom stereocenters. The molecule has 4 rings (SSSR count). The van der Waals surface area contributed by atoms with E-state index in [0.717, 1.165) is 15.9 Å². The summed E-state index contributed by atoms with van der Waals surface area (Å²) in [5.74, 6) is -0.301. The van der Waals surface area contributed by atoms with E-state index in [2.05, 4.69) is 20.6 Å². The molecule has 1 aliphatic rings. The third kappa shape index (κ3) is 3.33. The summed E-state index contributed by atoms with van der Waals surface area (Å²) in [7, 11) is 0. The van der Waals surface area contributed by atoms with Crippen LogP contribution in [0.4, 0.5) is 4.79 Å². The number of rotatable bonds is 5. The second kappa shape index (κ2) is 7.05. The van der Waals surface area contributed by atoms with Crippen molar-refractivity contribution >= 4 is 28.9 Å². The molecule has 148 valence electrons. The van der Waals surface area contributed by atoms with Gasteiger partial charge < -0.3 is 15.6 Å². The quantitative estimate of drug-likeness (QED) is 0.580. The maximum atomic E-state index is 12.9. The number of H-pyrrole nitrogens is 1. The lowest BCUT2D eigenvalue weighted by Gasteiger charge is -2.22. The molecule has 4 amide bonds. The van der Waals surface area contributed by atoms with Crippen molar-refractivity contribution in [1.29, 1.82) is 0 Å². The molecule has 2 aromatic carbocycles. The van der Waals surface area contributed by atoms with E-state index in [1.54, 1.807) is 38.1 Å². The van der Waals surface area contributed by atoms with E-state index in [4.69, 9.17) is 0 Å². The van der Waals surface area contributed by atoms with Gasteiger partial charge in [0.05, 0.1) is 17.1 Å². The van der Waals surface area contributed by atoms with Crippen molar-refractivity contribution in [1.82, 2.24) is 25.5 Å². The molecule has 3 N–H and O–H groups in total. The molecule has 0 radical (unpaired) electrons. The predicted octanol–water partition coefficient (Wildman–Crippen LogP) is 2.21. The number of nitrogens with one attached hydrogen (secondary N) is 3. The van der Waals surface area contributed by atoms with E-state index in [1.165, 1.54) is 0 Å². The maximum Gasteiger partial charge on any atom is 0.325 e. The van der Waals surface area contributed by atoms with E-state index in [-0.39, 0.29) is 6.54 Å². The molecule has 29 heavy (non-hydrogen) atoms. The fourth-order valence-electron chi connectivity index (χ4n) is 3.48. The number of imide groups is 1. The average molecular weight is 391 g/mol. The van der Waals surface area contributed by atoms with Gasteiger partial charge in [0.15, 0.2) is 0 Å². The first kappa shape index (κ1) is 18.7. The number of hydrogen-bond donors (Lipinski definition) is 3. The highest BCUT2D eigenvalue weighted by Gasteiger charge is 2.49. The molecule has 1 aromatic heterocycles. The van der Waals surface area contributed by atoms with Crippen LogP contribution in [0.15, 0.2) is 54.6 Å². The zero-order chi connectivity index (χ0) is 20.6. The topological polar surface area (TPSA) is 107 Å². The Hall–Kier alpha value is -3.68. The van der Waals surface area contributed by atoms with Gasteiger partial charge in [0.1, 0.15) is 17.9 Å². The van der Waals surface area contributed by atoms with Crippen LogP contribution in [0.1, 0.15) is 31.3 Å². The number of urea groups is 1. The second-order valence-electron chi connectivity index (χ2n) is 7.24. The van der Waals surface area contributed by atoms with Crippen molar-refractivity contribution in [2.75, 3.05) is 6.54 Å². The normalized spacial score (nSPS) is 20.0. The smallest absolute Gasteiger partial charge is 0.325 e. The van der Waals surface area contributed by atoms with Crippen LogP contribution < -0.4 is 10.6 Å². The van der Waals surface area contributed by atoms with E-state index >= 15 is 0 Å². The van der Waals surface area contributed by atoms with E-state index in [1.807, 2.05) is 30.3 Å². The summed E-state index contributed by atoms with van der Waals surface area (Å²) in [4.78, 5) is 46.3. The second-order valence-corrected chi connectivity index (χ2v) is 7.24. The van der Waals surface area contributed by atoms with Crippen molar-refractivity contribution in [2.45, 2.75) is 25.4 Å². The molecular formula is C21H21N5O3. The first-order valence-electron chi connectivity index (χ1n) is 9.32. The van der Waals surface area contributed by atoms with Gasteiger partial charge in [-0.2, -0.15) is 0 Å². The highest BCUT2D eigenvalue weighted by atomic mass is 16.2. The number of carbonyl (C=O) groups excluding carboxylic acids is 3. The number of hydrogen-bond acceptors (Lipinski definition) is 4. The summed E-state index contributed by atoms with van der Waals surface area (Å²) in [6.07, 6.45) is 0. The Morgan fingerprint density at radius 3 is 2.55 bits per heavy atom. The van der Waals surface area contributed by atoms with Gasteiger partial charge in [0.25, 0.3) is 5.91 Å². The first-order valence-corrected chi connectivity index (χ1v) is 9.32. The fraction of sp³-hybridized carbons (Fsp3) is 0.238. The van der Waals surface area contributed by atoms with Gasteiger partial charge in [-0.25, -0.2) is 9.78 Å². The summed E-state index contributed by atoms with van der Waals surface area (Å²) >= 11 is 0. The van der Waals surface area contributed by atoms with Crippen LogP contribution >= 0.6 is 0 Å². The maximum absolute atomic E-state index is 12.9. The summed E-state index contributed by atoms with van der Waals surface area (Å²) in [5, 5.41) is 5.48. The highest BCUT2D eigenvalue weighted by molar-refractivity contribution is 6.09. The van der Waals surface area contributed by atoms with Crippen molar-refractivity contribution < 1.29 is 14.4 Å². The lowest BCUT2D eigenvalue weighted by Crippen LogP contribution is -2.43. The highest BCUT2D eigenvalue weighted by Crippen LogP contribution is 2.28. The first-order chi connectivity index (χ1) is 13.9. The standard InChI is InChI=1S/C21H21N5O3/c1-13(18-23-15-10-6-7-11-16(15)24-18)22-17(27)12-26-19(28)21(2,25-20(26)29)14-8-4-3-5-9-14/h3-11,13H,12H2,1-2H3,(H,22,27)(H,23,24)(H,25,29)/t13-,21-/m1/s1. The number of fused-ring (bicyclic) bond motifs is 1. The summed E-state index contributed by atoms with van der Waals surface area (Å²) in [5.41, 5.74) is 1.15. The Labute approximate surface area is 167 Å². The number of para-hydroxylation sites is 2. The van der Waals surface area contributed by atoms with Gasteiger partial charge in [0.2, 0.25) is 5.91 Å². The fourth-order valence-corrected chi connectivity index (χ4v) is 3.48. The molecule has 1 saturated heterocycles. The molecule has 8 nitrogen and oxygen atoms in total. The number of imidazole rings is 1. The average Bonchev–Trinajstić information content (AvgIpc) is 3.24. The number of aromatic amines is 1. The van der Waals surface area contributed by atoms with Gasteiger partial charge in [-0.05, 0) is 31.5 Å². The van der Waals surface area contributed by atoms with Crippen LogP contribution in [0.5, 0.6) is 0 Å². The molecule has 0 spiro atoms. The van der Waals surface area contributed by atoms with Gasteiger partial charge >= 0.3 is 6.03 Å². The Balaban J connectivity index is 1.45. The summed E-state index contributed by atoms with van der Waals surface area (Å²) in [6.45, 7) is 3.06. The zero-order valence-electron chi connectivity index (χ0n) is 16.1. The van der Waals surface area contributed by atoms with Crippen molar-refractivity contribution in [3.63, 3.8) is 0 Å². The third-order valence-electron chi connectivity index (χ3n) is 5.12. The zero-order valence-corrected chi connectivity index (χ0v) is 16.1.